The van der Waals surface area contributed by atoms with Crippen LogP contribution in [0.2, 0.25) is 0 Å². The molecule has 3 heteroatoms. The van der Waals surface area contributed by atoms with E-state index in [1.807, 2.05) is 18.2 Å². The van der Waals surface area contributed by atoms with Gasteiger partial charge in [-0.05, 0) is 25.3 Å². The summed E-state index contributed by atoms with van der Waals surface area (Å²) >= 11 is 0. The Kier molecular flexibility index (Phi) is 4.15. The van der Waals surface area contributed by atoms with E-state index < -0.39 is 0 Å². The molecule has 2 atom stereocenters. The second-order valence-corrected chi connectivity index (χ2v) is 4.92. The normalized spacial score (nSPS) is 22.1. The molecule has 18 heavy (non-hydrogen) atoms. The lowest BCUT2D eigenvalue weighted by Gasteiger charge is -2.10. The van der Waals surface area contributed by atoms with E-state index >= 15 is 0 Å². The third kappa shape index (κ3) is 3.44. The fraction of sp³-hybridized carbons (Fsp3) is 0.400. The summed E-state index contributed by atoms with van der Waals surface area (Å²) in [6.45, 7) is 2.76. The van der Waals surface area contributed by atoms with Gasteiger partial charge in [0, 0.05) is 12.6 Å². The molecule has 2 rings (SSSR count). The van der Waals surface area contributed by atoms with Crippen LogP contribution in [0.1, 0.15) is 17.5 Å². The molecule has 0 radical (unpaired) electrons. The lowest BCUT2D eigenvalue weighted by atomic mass is 10.1. The second-order valence-electron chi connectivity index (χ2n) is 4.92. The summed E-state index contributed by atoms with van der Waals surface area (Å²) in [6.07, 6.45) is 5.42. The molecule has 1 amide bonds. The van der Waals surface area contributed by atoms with E-state index in [0.717, 1.165) is 12.8 Å². The van der Waals surface area contributed by atoms with Crippen molar-refractivity contribution in [3.05, 3.63) is 47.5 Å². The van der Waals surface area contributed by atoms with Crippen molar-refractivity contribution in [3.8, 4) is 0 Å². The number of rotatable bonds is 4. The van der Waals surface area contributed by atoms with Crippen molar-refractivity contribution in [2.75, 3.05) is 6.54 Å². The van der Waals surface area contributed by atoms with Crippen molar-refractivity contribution in [2.45, 2.75) is 25.8 Å². The van der Waals surface area contributed by atoms with Crippen LogP contribution >= 0.6 is 0 Å². The number of amides is 1. The van der Waals surface area contributed by atoms with E-state index in [9.17, 15) is 4.79 Å². The SMILES string of the molecule is Cc1cccc(CCNC(=O)C2C=CC(N)C2)c1. The van der Waals surface area contributed by atoms with Crippen molar-refractivity contribution < 1.29 is 4.79 Å². The Morgan fingerprint density at radius 2 is 2.28 bits per heavy atom. The van der Waals surface area contributed by atoms with Crippen molar-refractivity contribution in [3.63, 3.8) is 0 Å². The van der Waals surface area contributed by atoms with E-state index in [0.29, 0.717) is 6.54 Å². The van der Waals surface area contributed by atoms with E-state index in [1.54, 1.807) is 0 Å². The standard InChI is InChI=1S/C15H20N2O/c1-11-3-2-4-12(9-11)7-8-17-15(18)13-5-6-14(16)10-13/h2-6,9,13-14H,7-8,10,16H2,1H3,(H,17,18). The summed E-state index contributed by atoms with van der Waals surface area (Å²) in [5.41, 5.74) is 8.24. The molecule has 0 spiro atoms. The maximum absolute atomic E-state index is 11.8. The smallest absolute Gasteiger partial charge is 0.227 e. The minimum Gasteiger partial charge on any atom is -0.355 e. The quantitative estimate of drug-likeness (QED) is 0.790. The lowest BCUT2D eigenvalue weighted by Crippen LogP contribution is -2.32. The van der Waals surface area contributed by atoms with Crippen LogP contribution < -0.4 is 11.1 Å². The van der Waals surface area contributed by atoms with Gasteiger partial charge < -0.3 is 11.1 Å². The molecule has 3 nitrogen and oxygen atoms in total. The minimum atomic E-state index is -0.0440. The lowest BCUT2D eigenvalue weighted by molar-refractivity contribution is -0.123. The Balaban J connectivity index is 1.75. The van der Waals surface area contributed by atoms with Gasteiger partial charge in [-0.15, -0.1) is 0 Å². The van der Waals surface area contributed by atoms with Gasteiger partial charge in [-0.25, -0.2) is 0 Å². The zero-order valence-corrected chi connectivity index (χ0v) is 10.7. The molecular weight excluding hydrogens is 224 g/mol. The summed E-state index contributed by atoms with van der Waals surface area (Å²) in [7, 11) is 0. The number of hydrogen-bond donors (Lipinski definition) is 2. The maximum atomic E-state index is 11.8. The van der Waals surface area contributed by atoms with Crippen LogP contribution in [-0.4, -0.2) is 18.5 Å². The third-order valence-electron chi connectivity index (χ3n) is 3.25. The number of nitrogens with one attached hydrogen (secondary N) is 1. The van der Waals surface area contributed by atoms with Gasteiger partial charge in [-0.1, -0.05) is 42.0 Å². The van der Waals surface area contributed by atoms with Gasteiger partial charge in [0.05, 0.1) is 5.92 Å². The maximum Gasteiger partial charge on any atom is 0.227 e. The Bertz CT molecular complexity index is 454. The van der Waals surface area contributed by atoms with Crippen LogP contribution in [0.4, 0.5) is 0 Å². The van der Waals surface area contributed by atoms with Crippen molar-refractivity contribution in [1.29, 1.82) is 0 Å². The van der Waals surface area contributed by atoms with E-state index in [1.165, 1.54) is 11.1 Å². The van der Waals surface area contributed by atoms with E-state index in [-0.39, 0.29) is 17.9 Å². The summed E-state index contributed by atoms with van der Waals surface area (Å²) in [6, 6.07) is 8.40. The molecule has 1 aliphatic carbocycles. The predicted octanol–water partition coefficient (Wildman–Crippen LogP) is 1.56. The molecule has 0 saturated heterocycles. The topological polar surface area (TPSA) is 55.1 Å². The number of hydrogen-bond acceptors (Lipinski definition) is 2. The molecule has 0 aromatic heterocycles. The summed E-state index contributed by atoms with van der Waals surface area (Å²) in [4.78, 5) is 11.8. The van der Waals surface area contributed by atoms with Gasteiger partial charge in [0.1, 0.15) is 0 Å². The summed E-state index contributed by atoms with van der Waals surface area (Å²) in [5, 5.41) is 2.97. The zero-order chi connectivity index (χ0) is 13.0. The Hall–Kier alpha value is -1.61. The molecule has 0 heterocycles. The largest absolute Gasteiger partial charge is 0.355 e. The average Bonchev–Trinajstić information content (AvgIpc) is 2.76. The molecule has 0 saturated carbocycles. The Morgan fingerprint density at radius 1 is 1.44 bits per heavy atom. The molecule has 1 aliphatic rings. The van der Waals surface area contributed by atoms with Crippen LogP contribution in [0, 0.1) is 12.8 Å². The van der Waals surface area contributed by atoms with Gasteiger partial charge in [0.2, 0.25) is 5.91 Å². The average molecular weight is 244 g/mol. The van der Waals surface area contributed by atoms with Crippen LogP contribution in [0.5, 0.6) is 0 Å². The van der Waals surface area contributed by atoms with Gasteiger partial charge in [-0.3, -0.25) is 4.79 Å². The molecule has 1 aromatic carbocycles. The van der Waals surface area contributed by atoms with Crippen LogP contribution in [-0.2, 0) is 11.2 Å². The highest BCUT2D eigenvalue weighted by atomic mass is 16.1. The van der Waals surface area contributed by atoms with Crippen molar-refractivity contribution in [2.24, 2.45) is 11.7 Å². The van der Waals surface area contributed by atoms with Crippen LogP contribution in [0.3, 0.4) is 0 Å². The number of carbonyl (C=O) groups excluding carboxylic acids is 1. The Morgan fingerprint density at radius 3 is 2.94 bits per heavy atom. The summed E-state index contributed by atoms with van der Waals surface area (Å²) < 4.78 is 0. The minimum absolute atomic E-state index is 0.0394. The fourth-order valence-corrected chi connectivity index (χ4v) is 2.25. The van der Waals surface area contributed by atoms with Gasteiger partial charge in [-0.2, -0.15) is 0 Å². The first kappa shape index (κ1) is 12.8. The third-order valence-corrected chi connectivity index (χ3v) is 3.25. The molecule has 0 bridgehead atoms. The van der Waals surface area contributed by atoms with E-state index in [2.05, 4.69) is 30.4 Å². The number of aryl methyl sites for hydroxylation is 1. The number of benzene rings is 1. The number of nitrogens with two attached hydrogens (primary N) is 1. The van der Waals surface area contributed by atoms with Crippen LogP contribution in [0.25, 0.3) is 0 Å². The highest BCUT2D eigenvalue weighted by molar-refractivity contribution is 5.81. The van der Waals surface area contributed by atoms with Gasteiger partial charge in [0.15, 0.2) is 0 Å². The monoisotopic (exact) mass is 244 g/mol. The molecule has 96 valence electrons. The second kappa shape index (κ2) is 5.83. The van der Waals surface area contributed by atoms with Gasteiger partial charge in [0.25, 0.3) is 0 Å². The summed E-state index contributed by atoms with van der Waals surface area (Å²) in [5.74, 6) is 0.0457. The fourth-order valence-electron chi connectivity index (χ4n) is 2.25. The highest BCUT2D eigenvalue weighted by Crippen LogP contribution is 2.16. The zero-order valence-electron chi connectivity index (χ0n) is 10.7. The Labute approximate surface area is 108 Å². The van der Waals surface area contributed by atoms with Crippen molar-refractivity contribution in [1.82, 2.24) is 5.32 Å². The molecule has 3 N–H and O–H groups in total. The number of carbonyl (C=O) groups is 1. The predicted molar refractivity (Wildman–Crippen MR) is 73.1 cm³/mol. The first-order valence-electron chi connectivity index (χ1n) is 6.42. The van der Waals surface area contributed by atoms with Gasteiger partial charge >= 0.3 is 0 Å². The van der Waals surface area contributed by atoms with Crippen molar-refractivity contribution >= 4 is 5.91 Å². The molecule has 0 aliphatic heterocycles. The first-order valence-corrected chi connectivity index (χ1v) is 6.42. The van der Waals surface area contributed by atoms with Crippen LogP contribution in [0.15, 0.2) is 36.4 Å². The first-order chi connectivity index (χ1) is 8.65. The molecule has 2 unspecified atom stereocenters. The van der Waals surface area contributed by atoms with E-state index in [4.69, 9.17) is 5.73 Å². The molecule has 0 fully saturated rings. The molecular formula is C15H20N2O. The highest BCUT2D eigenvalue weighted by Gasteiger charge is 2.21. The molecule has 1 aromatic rings.